The van der Waals surface area contributed by atoms with Gasteiger partial charge in [0.1, 0.15) is 0 Å². The molecule has 0 aliphatic carbocycles. The van der Waals surface area contributed by atoms with Crippen molar-refractivity contribution in [3.05, 3.63) is 22.2 Å². The van der Waals surface area contributed by atoms with Gasteiger partial charge >= 0.3 is 17.9 Å². The Morgan fingerprint density at radius 2 is 1.39 bits per heavy atom. The molecule has 0 bridgehead atoms. The number of carboxylic acid groups (broad SMARTS) is 3. The van der Waals surface area contributed by atoms with Crippen LogP contribution in [0.15, 0.2) is 22.2 Å². The maximum atomic E-state index is 11.0. The van der Waals surface area contributed by atoms with Crippen LogP contribution in [-0.2, 0) is 14.4 Å². The number of rotatable bonds is 6. The van der Waals surface area contributed by atoms with Gasteiger partial charge in [-0.15, -0.1) is 0 Å². The molecule has 8 heteroatoms. The van der Waals surface area contributed by atoms with E-state index in [0.29, 0.717) is 0 Å². The van der Waals surface area contributed by atoms with Crippen molar-refractivity contribution in [1.29, 1.82) is 0 Å². The molecule has 0 aromatic rings. The standard InChI is InChI=1S/C10H10Cl2O6/c1-3-4(2)5(11)6(12)10(7(13)14,8(15)16)9(17)18/h2-3H2,1H3,(H,13,14)(H,15,16)(H,17,18). The van der Waals surface area contributed by atoms with E-state index >= 15 is 0 Å². The first-order chi connectivity index (χ1) is 8.13. The zero-order valence-electron chi connectivity index (χ0n) is 9.24. The van der Waals surface area contributed by atoms with Gasteiger partial charge in [0.05, 0.1) is 10.1 Å². The number of carbonyl (C=O) groups is 3. The lowest BCUT2D eigenvalue weighted by molar-refractivity contribution is -0.171. The molecule has 0 unspecified atom stereocenters. The maximum Gasteiger partial charge on any atom is 0.338 e. The number of hydrogen-bond donors (Lipinski definition) is 3. The molecule has 6 nitrogen and oxygen atoms in total. The quantitative estimate of drug-likeness (QED) is 0.510. The van der Waals surface area contributed by atoms with Crippen molar-refractivity contribution in [2.75, 3.05) is 0 Å². The van der Waals surface area contributed by atoms with Crippen LogP contribution in [0, 0.1) is 5.41 Å². The van der Waals surface area contributed by atoms with Crippen LogP contribution in [0.2, 0.25) is 0 Å². The minimum Gasteiger partial charge on any atom is -0.480 e. The Labute approximate surface area is 112 Å². The van der Waals surface area contributed by atoms with Crippen molar-refractivity contribution < 1.29 is 29.7 Å². The van der Waals surface area contributed by atoms with Crippen molar-refractivity contribution in [3.63, 3.8) is 0 Å². The molecule has 0 heterocycles. The first kappa shape index (κ1) is 16.5. The Kier molecular flexibility index (Phi) is 5.38. The van der Waals surface area contributed by atoms with Crippen LogP contribution in [0.3, 0.4) is 0 Å². The lowest BCUT2D eigenvalue weighted by Gasteiger charge is -2.20. The van der Waals surface area contributed by atoms with Gasteiger partial charge in [-0.2, -0.15) is 0 Å². The molecule has 0 aliphatic heterocycles. The fourth-order valence-corrected chi connectivity index (χ4v) is 1.68. The summed E-state index contributed by atoms with van der Waals surface area (Å²) in [5, 5.41) is 25.1. The summed E-state index contributed by atoms with van der Waals surface area (Å²) in [5.74, 6) is -6.43. The minimum atomic E-state index is -3.34. The number of carboxylic acids is 3. The van der Waals surface area contributed by atoms with Gasteiger partial charge < -0.3 is 15.3 Å². The van der Waals surface area contributed by atoms with Gasteiger partial charge in [-0.25, -0.2) is 14.4 Å². The number of halogens is 2. The van der Waals surface area contributed by atoms with E-state index in [9.17, 15) is 14.4 Å². The third-order valence-electron chi connectivity index (χ3n) is 2.22. The predicted octanol–water partition coefficient (Wildman–Crippen LogP) is 1.88. The Morgan fingerprint density at radius 3 is 1.61 bits per heavy atom. The maximum absolute atomic E-state index is 11.0. The monoisotopic (exact) mass is 296 g/mol. The van der Waals surface area contributed by atoms with Gasteiger partial charge in [0, 0.05) is 0 Å². The van der Waals surface area contributed by atoms with Gasteiger partial charge in [0.15, 0.2) is 0 Å². The average molecular weight is 297 g/mol. The largest absolute Gasteiger partial charge is 0.480 e. The molecule has 0 spiro atoms. The van der Waals surface area contributed by atoms with E-state index in [2.05, 4.69) is 6.58 Å². The van der Waals surface area contributed by atoms with Crippen molar-refractivity contribution in [2.24, 2.45) is 5.41 Å². The molecule has 0 aliphatic rings. The Morgan fingerprint density at radius 1 is 1.06 bits per heavy atom. The van der Waals surface area contributed by atoms with Crippen LogP contribution in [-0.4, -0.2) is 33.2 Å². The third kappa shape index (κ3) is 2.49. The summed E-state index contributed by atoms with van der Waals surface area (Å²) in [6.07, 6.45) is 0.254. The van der Waals surface area contributed by atoms with Crippen molar-refractivity contribution >= 4 is 41.1 Å². The molecule has 0 saturated carbocycles. The van der Waals surface area contributed by atoms with E-state index in [1.807, 2.05) is 0 Å². The highest BCUT2D eigenvalue weighted by Crippen LogP contribution is 2.38. The van der Waals surface area contributed by atoms with E-state index in [1.54, 1.807) is 6.92 Å². The normalized spacial score (nSPS) is 12.6. The zero-order chi connectivity index (χ0) is 14.7. The summed E-state index contributed by atoms with van der Waals surface area (Å²) >= 11 is 11.2. The highest BCUT2D eigenvalue weighted by Gasteiger charge is 2.58. The highest BCUT2D eigenvalue weighted by molar-refractivity contribution is 6.45. The van der Waals surface area contributed by atoms with Crippen LogP contribution in [0.1, 0.15) is 13.3 Å². The minimum absolute atomic E-state index is 0.134. The second kappa shape index (κ2) is 5.88. The summed E-state index contributed by atoms with van der Waals surface area (Å²) < 4.78 is 0. The molecule has 0 rings (SSSR count). The molecule has 100 valence electrons. The molecule has 3 N–H and O–H groups in total. The van der Waals surface area contributed by atoms with E-state index in [-0.39, 0.29) is 12.0 Å². The zero-order valence-corrected chi connectivity index (χ0v) is 10.7. The van der Waals surface area contributed by atoms with E-state index in [4.69, 9.17) is 38.5 Å². The van der Waals surface area contributed by atoms with E-state index < -0.39 is 33.4 Å². The molecular formula is C10H10Cl2O6. The molecule has 0 radical (unpaired) electrons. The van der Waals surface area contributed by atoms with Crippen LogP contribution >= 0.6 is 23.2 Å². The third-order valence-corrected chi connectivity index (χ3v) is 3.25. The average Bonchev–Trinajstić information content (AvgIpc) is 2.25. The number of allylic oxidation sites excluding steroid dienone is 2. The predicted molar refractivity (Wildman–Crippen MR) is 63.5 cm³/mol. The second-order valence-corrected chi connectivity index (χ2v) is 4.01. The summed E-state index contributed by atoms with van der Waals surface area (Å²) in [6, 6.07) is 0. The van der Waals surface area contributed by atoms with E-state index in [1.165, 1.54) is 0 Å². The van der Waals surface area contributed by atoms with Crippen LogP contribution < -0.4 is 0 Å². The second-order valence-electron chi connectivity index (χ2n) is 3.25. The smallest absolute Gasteiger partial charge is 0.338 e. The lowest BCUT2D eigenvalue weighted by Crippen LogP contribution is -2.47. The van der Waals surface area contributed by atoms with Gasteiger partial charge in [0.2, 0.25) is 0 Å². The molecule has 0 aromatic heterocycles. The molecule has 0 aromatic carbocycles. The van der Waals surface area contributed by atoms with Crippen molar-refractivity contribution in [1.82, 2.24) is 0 Å². The molecule has 0 amide bonds. The topological polar surface area (TPSA) is 112 Å². The molecule has 0 saturated heterocycles. The van der Waals surface area contributed by atoms with Crippen LogP contribution in [0.25, 0.3) is 0 Å². The molecular weight excluding hydrogens is 287 g/mol. The van der Waals surface area contributed by atoms with Crippen LogP contribution in [0.5, 0.6) is 0 Å². The van der Waals surface area contributed by atoms with Gasteiger partial charge in [-0.3, -0.25) is 0 Å². The fraction of sp³-hybridized carbons (Fsp3) is 0.300. The van der Waals surface area contributed by atoms with Crippen molar-refractivity contribution in [3.8, 4) is 0 Å². The summed E-state index contributed by atoms with van der Waals surface area (Å²) in [5.41, 5.74) is -3.20. The number of hydrogen-bond acceptors (Lipinski definition) is 3. The van der Waals surface area contributed by atoms with Gasteiger partial charge in [-0.05, 0) is 12.0 Å². The van der Waals surface area contributed by atoms with E-state index in [0.717, 1.165) is 0 Å². The van der Waals surface area contributed by atoms with Crippen molar-refractivity contribution in [2.45, 2.75) is 13.3 Å². The lowest BCUT2D eigenvalue weighted by atomic mass is 9.86. The Hall–Kier alpha value is -1.53. The molecule has 18 heavy (non-hydrogen) atoms. The fourth-order valence-electron chi connectivity index (χ4n) is 1.03. The molecule has 0 atom stereocenters. The first-order valence-corrected chi connectivity index (χ1v) is 5.33. The Bertz CT molecular complexity index is 415. The summed E-state index contributed by atoms with van der Waals surface area (Å²) in [4.78, 5) is 33.0. The first-order valence-electron chi connectivity index (χ1n) is 4.58. The van der Waals surface area contributed by atoms with Gasteiger partial charge in [-0.1, -0.05) is 36.7 Å². The van der Waals surface area contributed by atoms with Crippen LogP contribution in [0.4, 0.5) is 0 Å². The summed E-state index contributed by atoms with van der Waals surface area (Å²) in [7, 11) is 0. The Balaban J connectivity index is 6.22. The number of aliphatic carboxylic acids is 3. The van der Waals surface area contributed by atoms with Gasteiger partial charge in [0.25, 0.3) is 5.41 Å². The highest BCUT2D eigenvalue weighted by atomic mass is 35.5. The SMILES string of the molecule is C=C(CC)C(Cl)=C(Cl)C(C(=O)O)(C(=O)O)C(=O)O. The summed E-state index contributed by atoms with van der Waals surface area (Å²) in [6.45, 7) is 5.04. The molecule has 0 fully saturated rings.